The molecule has 0 aromatic heterocycles. The summed E-state index contributed by atoms with van der Waals surface area (Å²) >= 11 is 5.80. The van der Waals surface area contributed by atoms with Gasteiger partial charge < -0.3 is 5.32 Å². The molecule has 5 nitrogen and oxygen atoms in total. The lowest BCUT2D eigenvalue weighted by atomic mass is 10.2. The summed E-state index contributed by atoms with van der Waals surface area (Å²) in [6.45, 7) is 0.957. The van der Waals surface area contributed by atoms with Gasteiger partial charge >= 0.3 is 0 Å². The molecule has 8 heteroatoms. The third kappa shape index (κ3) is 3.84. The van der Waals surface area contributed by atoms with E-state index in [0.29, 0.717) is 13.1 Å². The summed E-state index contributed by atoms with van der Waals surface area (Å²) in [6, 6.07) is 9.52. The smallest absolute Gasteiger partial charge is 0.255 e. The number of amides is 1. The Morgan fingerprint density at radius 3 is 2.56 bits per heavy atom. The maximum atomic E-state index is 13.7. The van der Waals surface area contributed by atoms with Crippen LogP contribution in [0.3, 0.4) is 0 Å². The summed E-state index contributed by atoms with van der Waals surface area (Å²) < 4.78 is 40.3. The summed E-state index contributed by atoms with van der Waals surface area (Å²) in [5.74, 6) is -1.24. The zero-order valence-corrected chi connectivity index (χ0v) is 14.8. The third-order valence-corrected chi connectivity index (χ3v) is 6.11. The second-order valence-electron chi connectivity index (χ2n) is 5.72. The first-order chi connectivity index (χ1) is 11.9. The zero-order valence-electron chi connectivity index (χ0n) is 13.2. The predicted molar refractivity (Wildman–Crippen MR) is 93.8 cm³/mol. The van der Waals surface area contributed by atoms with Gasteiger partial charge in [0.1, 0.15) is 5.82 Å². The third-order valence-electron chi connectivity index (χ3n) is 3.98. The van der Waals surface area contributed by atoms with E-state index in [9.17, 15) is 17.6 Å². The number of halogens is 2. The number of carbonyl (C=O) groups excluding carboxylic acids is 1. The highest BCUT2D eigenvalue weighted by Gasteiger charge is 2.27. The summed E-state index contributed by atoms with van der Waals surface area (Å²) in [6.07, 6.45) is 1.65. The molecular formula is C17H16ClFN2O3S. The number of nitrogens with one attached hydrogen (secondary N) is 1. The average Bonchev–Trinajstić information content (AvgIpc) is 3.13. The van der Waals surface area contributed by atoms with Crippen molar-refractivity contribution in [3.63, 3.8) is 0 Å². The minimum absolute atomic E-state index is 0.0496. The summed E-state index contributed by atoms with van der Waals surface area (Å²) in [5, 5.41) is 2.69. The van der Waals surface area contributed by atoms with E-state index in [2.05, 4.69) is 5.32 Å². The molecule has 25 heavy (non-hydrogen) atoms. The predicted octanol–water partition coefficient (Wildman–Crippen LogP) is 3.52. The number of anilines is 1. The first-order valence-corrected chi connectivity index (χ1v) is 9.56. The topological polar surface area (TPSA) is 66.5 Å². The van der Waals surface area contributed by atoms with E-state index in [-0.39, 0.29) is 21.2 Å². The van der Waals surface area contributed by atoms with Gasteiger partial charge in [0.25, 0.3) is 5.91 Å². The van der Waals surface area contributed by atoms with Gasteiger partial charge in [0, 0.05) is 23.7 Å². The van der Waals surface area contributed by atoms with Gasteiger partial charge in [-0.3, -0.25) is 4.79 Å². The lowest BCUT2D eigenvalue weighted by Gasteiger charge is -2.16. The highest BCUT2D eigenvalue weighted by atomic mass is 35.5. The number of hydrogen-bond acceptors (Lipinski definition) is 3. The number of nitrogens with zero attached hydrogens (tertiary/aromatic N) is 1. The van der Waals surface area contributed by atoms with Crippen molar-refractivity contribution in [2.75, 3.05) is 18.4 Å². The number of sulfonamides is 1. The van der Waals surface area contributed by atoms with Crippen LogP contribution in [0.25, 0.3) is 0 Å². The first kappa shape index (κ1) is 17.8. The Morgan fingerprint density at radius 2 is 1.84 bits per heavy atom. The molecule has 0 saturated carbocycles. The van der Waals surface area contributed by atoms with Crippen LogP contribution in [0.4, 0.5) is 10.1 Å². The normalized spacial score (nSPS) is 15.3. The largest absolute Gasteiger partial charge is 0.319 e. The van der Waals surface area contributed by atoms with Gasteiger partial charge in [-0.05, 0) is 49.2 Å². The minimum atomic E-state index is -3.62. The van der Waals surface area contributed by atoms with Crippen LogP contribution < -0.4 is 5.32 Å². The number of hydrogen-bond donors (Lipinski definition) is 1. The van der Waals surface area contributed by atoms with Gasteiger partial charge in [-0.2, -0.15) is 4.31 Å². The van der Waals surface area contributed by atoms with Crippen molar-refractivity contribution in [3.8, 4) is 0 Å². The molecule has 0 aliphatic carbocycles. The van der Waals surface area contributed by atoms with E-state index in [1.807, 2.05) is 0 Å². The van der Waals surface area contributed by atoms with E-state index in [0.717, 1.165) is 18.9 Å². The molecule has 1 amide bonds. The van der Waals surface area contributed by atoms with Crippen molar-refractivity contribution in [1.29, 1.82) is 0 Å². The number of rotatable bonds is 4. The Hall–Kier alpha value is -1.96. The van der Waals surface area contributed by atoms with Gasteiger partial charge in [0.2, 0.25) is 10.0 Å². The van der Waals surface area contributed by atoms with Crippen LogP contribution in [0, 0.1) is 5.82 Å². The highest BCUT2D eigenvalue weighted by Crippen LogP contribution is 2.23. The molecular weight excluding hydrogens is 367 g/mol. The maximum absolute atomic E-state index is 13.7. The SMILES string of the molecule is O=C(Nc1cc(Cl)ccc1F)c1cccc(S(=O)(=O)N2CCCC2)c1. The Kier molecular flexibility index (Phi) is 5.08. The van der Waals surface area contributed by atoms with Crippen molar-refractivity contribution in [3.05, 3.63) is 58.9 Å². The van der Waals surface area contributed by atoms with Crippen molar-refractivity contribution in [1.82, 2.24) is 4.31 Å². The molecule has 1 heterocycles. The molecule has 1 fully saturated rings. The van der Waals surface area contributed by atoms with Gasteiger partial charge in [0.05, 0.1) is 10.6 Å². The lowest BCUT2D eigenvalue weighted by Crippen LogP contribution is -2.28. The number of carbonyl (C=O) groups is 1. The Labute approximate surface area is 150 Å². The van der Waals surface area contributed by atoms with E-state index in [4.69, 9.17) is 11.6 Å². The molecule has 0 spiro atoms. The average molecular weight is 383 g/mol. The fourth-order valence-electron chi connectivity index (χ4n) is 2.66. The van der Waals surface area contributed by atoms with Crippen LogP contribution in [0.2, 0.25) is 5.02 Å². The van der Waals surface area contributed by atoms with Crippen molar-refractivity contribution < 1.29 is 17.6 Å². The molecule has 0 unspecified atom stereocenters. The monoisotopic (exact) mass is 382 g/mol. The minimum Gasteiger partial charge on any atom is -0.319 e. The molecule has 0 atom stereocenters. The van der Waals surface area contributed by atoms with Crippen molar-refractivity contribution in [2.45, 2.75) is 17.7 Å². The Balaban J connectivity index is 1.86. The molecule has 3 rings (SSSR count). The second kappa shape index (κ2) is 7.11. The zero-order chi connectivity index (χ0) is 18.0. The molecule has 0 radical (unpaired) electrons. The van der Waals surface area contributed by atoms with Gasteiger partial charge in [-0.1, -0.05) is 17.7 Å². The quantitative estimate of drug-likeness (QED) is 0.879. The fourth-order valence-corrected chi connectivity index (χ4v) is 4.40. The molecule has 2 aromatic rings. The maximum Gasteiger partial charge on any atom is 0.255 e. The van der Waals surface area contributed by atoms with Crippen LogP contribution in [0.5, 0.6) is 0 Å². The van der Waals surface area contributed by atoms with Crippen molar-refractivity contribution >= 4 is 33.2 Å². The Bertz CT molecular complexity index is 912. The molecule has 132 valence electrons. The Morgan fingerprint density at radius 1 is 1.12 bits per heavy atom. The molecule has 1 aliphatic heterocycles. The fraction of sp³-hybridized carbons (Fsp3) is 0.235. The second-order valence-corrected chi connectivity index (χ2v) is 8.09. The van der Waals surface area contributed by atoms with E-state index in [1.54, 1.807) is 0 Å². The van der Waals surface area contributed by atoms with Crippen LogP contribution in [-0.2, 0) is 10.0 Å². The summed E-state index contributed by atoms with van der Waals surface area (Å²) in [5.41, 5.74) is 0.0601. The highest BCUT2D eigenvalue weighted by molar-refractivity contribution is 7.89. The van der Waals surface area contributed by atoms with Gasteiger partial charge in [-0.15, -0.1) is 0 Å². The van der Waals surface area contributed by atoms with Crippen LogP contribution in [0.15, 0.2) is 47.4 Å². The van der Waals surface area contributed by atoms with Gasteiger partial charge in [-0.25, -0.2) is 12.8 Å². The molecule has 1 N–H and O–H groups in total. The first-order valence-electron chi connectivity index (χ1n) is 7.74. The number of benzene rings is 2. The van der Waals surface area contributed by atoms with E-state index in [1.165, 1.54) is 40.7 Å². The van der Waals surface area contributed by atoms with Crippen molar-refractivity contribution in [2.24, 2.45) is 0 Å². The molecule has 2 aromatic carbocycles. The van der Waals surface area contributed by atoms with E-state index >= 15 is 0 Å². The molecule has 1 aliphatic rings. The van der Waals surface area contributed by atoms with Gasteiger partial charge in [0.15, 0.2) is 0 Å². The summed E-state index contributed by atoms with van der Waals surface area (Å²) in [4.78, 5) is 12.4. The molecule has 0 bridgehead atoms. The lowest BCUT2D eigenvalue weighted by molar-refractivity contribution is 0.102. The van der Waals surface area contributed by atoms with Crippen LogP contribution in [-0.4, -0.2) is 31.7 Å². The van der Waals surface area contributed by atoms with E-state index < -0.39 is 21.7 Å². The van der Waals surface area contributed by atoms with Crippen LogP contribution >= 0.6 is 11.6 Å². The standard InChI is InChI=1S/C17H16ClFN2O3S/c18-13-6-7-15(19)16(11-13)20-17(22)12-4-3-5-14(10-12)25(23,24)21-8-1-2-9-21/h3-7,10-11H,1-2,8-9H2,(H,20,22). The van der Waals surface area contributed by atoms with Crippen LogP contribution in [0.1, 0.15) is 23.2 Å². The molecule has 1 saturated heterocycles. The summed E-state index contributed by atoms with van der Waals surface area (Å²) in [7, 11) is -3.62.